The number of hydrogen-bond acceptors (Lipinski definition) is 5. The Morgan fingerprint density at radius 2 is 2.17 bits per heavy atom. The third kappa shape index (κ3) is 3.35. The average molecular weight is 344 g/mol. The first kappa shape index (κ1) is 14.6. The lowest BCUT2D eigenvalue weighted by molar-refractivity contribution is -0.116. The molecular formula is C16H16N4OS2. The minimum absolute atomic E-state index is 0.00655. The van der Waals surface area contributed by atoms with Gasteiger partial charge in [-0.2, -0.15) is 11.3 Å². The SMILES string of the molecule is O=C(CC(c1ccsc1)n1cccc1)Nc1nnc(C2CC2)s1. The van der Waals surface area contributed by atoms with Crippen LogP contribution < -0.4 is 5.32 Å². The van der Waals surface area contributed by atoms with Crippen molar-refractivity contribution in [2.45, 2.75) is 31.2 Å². The summed E-state index contributed by atoms with van der Waals surface area (Å²) >= 11 is 3.14. The zero-order valence-corrected chi connectivity index (χ0v) is 14.0. The van der Waals surface area contributed by atoms with Gasteiger partial charge >= 0.3 is 0 Å². The van der Waals surface area contributed by atoms with E-state index in [-0.39, 0.29) is 11.9 Å². The first-order chi connectivity index (χ1) is 11.3. The summed E-state index contributed by atoms with van der Waals surface area (Å²) in [7, 11) is 0. The van der Waals surface area contributed by atoms with Crippen molar-refractivity contribution in [3.63, 3.8) is 0 Å². The lowest BCUT2D eigenvalue weighted by Crippen LogP contribution is -2.19. The lowest BCUT2D eigenvalue weighted by Gasteiger charge is -2.17. The maximum Gasteiger partial charge on any atom is 0.228 e. The Morgan fingerprint density at radius 3 is 2.87 bits per heavy atom. The Labute approximate surface area is 142 Å². The maximum absolute atomic E-state index is 12.4. The minimum atomic E-state index is -0.0339. The zero-order valence-electron chi connectivity index (χ0n) is 12.4. The monoisotopic (exact) mass is 344 g/mol. The van der Waals surface area contributed by atoms with Crippen LogP contribution in [0.4, 0.5) is 5.13 Å². The van der Waals surface area contributed by atoms with Gasteiger partial charge in [0.05, 0.1) is 12.5 Å². The number of amides is 1. The van der Waals surface area contributed by atoms with Crippen LogP contribution in [-0.4, -0.2) is 20.7 Å². The molecule has 1 saturated carbocycles. The topological polar surface area (TPSA) is 59.8 Å². The van der Waals surface area contributed by atoms with Gasteiger partial charge in [-0.25, -0.2) is 0 Å². The van der Waals surface area contributed by atoms with Crippen LogP contribution in [0.25, 0.3) is 0 Å². The first-order valence-electron chi connectivity index (χ1n) is 7.57. The van der Waals surface area contributed by atoms with Crippen molar-refractivity contribution in [3.8, 4) is 0 Å². The van der Waals surface area contributed by atoms with Gasteiger partial charge in [0.2, 0.25) is 11.0 Å². The Bertz CT molecular complexity index is 741. The molecule has 5 nitrogen and oxygen atoms in total. The van der Waals surface area contributed by atoms with E-state index in [1.165, 1.54) is 24.2 Å². The molecule has 1 unspecified atom stereocenters. The molecule has 0 saturated heterocycles. The lowest BCUT2D eigenvalue weighted by atomic mass is 10.1. The van der Waals surface area contributed by atoms with Crippen LogP contribution in [0.2, 0.25) is 0 Å². The molecule has 4 rings (SSSR count). The van der Waals surface area contributed by atoms with Gasteiger partial charge in [0.15, 0.2) is 0 Å². The van der Waals surface area contributed by atoms with E-state index in [4.69, 9.17) is 0 Å². The summed E-state index contributed by atoms with van der Waals surface area (Å²) in [5.41, 5.74) is 1.15. The molecule has 7 heteroatoms. The molecule has 1 amide bonds. The molecule has 118 valence electrons. The smallest absolute Gasteiger partial charge is 0.228 e. The highest BCUT2D eigenvalue weighted by Crippen LogP contribution is 2.42. The predicted molar refractivity (Wildman–Crippen MR) is 92.0 cm³/mol. The Morgan fingerprint density at radius 1 is 1.35 bits per heavy atom. The summed E-state index contributed by atoms with van der Waals surface area (Å²) in [5, 5.41) is 16.9. The number of nitrogens with one attached hydrogen (secondary N) is 1. The highest BCUT2D eigenvalue weighted by molar-refractivity contribution is 7.15. The van der Waals surface area contributed by atoms with E-state index in [0.29, 0.717) is 17.5 Å². The van der Waals surface area contributed by atoms with Crippen LogP contribution >= 0.6 is 22.7 Å². The second-order valence-corrected chi connectivity index (χ2v) is 7.46. The summed E-state index contributed by atoms with van der Waals surface area (Å²) in [4.78, 5) is 12.4. The fraction of sp³-hybridized carbons (Fsp3) is 0.312. The van der Waals surface area contributed by atoms with E-state index in [2.05, 4.69) is 31.5 Å². The number of aromatic nitrogens is 3. The highest BCUT2D eigenvalue weighted by atomic mass is 32.1. The summed E-state index contributed by atoms with van der Waals surface area (Å²) in [6.07, 6.45) is 6.74. The van der Waals surface area contributed by atoms with Crippen molar-refractivity contribution < 1.29 is 4.79 Å². The van der Waals surface area contributed by atoms with E-state index in [1.807, 2.05) is 29.9 Å². The van der Waals surface area contributed by atoms with Gasteiger partial charge < -0.3 is 9.88 Å². The Kier molecular flexibility index (Phi) is 3.97. The van der Waals surface area contributed by atoms with Crippen molar-refractivity contribution in [3.05, 3.63) is 51.9 Å². The number of carbonyl (C=O) groups excluding carboxylic acids is 1. The second-order valence-electron chi connectivity index (χ2n) is 5.67. The molecule has 0 spiro atoms. The van der Waals surface area contributed by atoms with Crippen molar-refractivity contribution in [1.29, 1.82) is 0 Å². The fourth-order valence-electron chi connectivity index (χ4n) is 2.54. The van der Waals surface area contributed by atoms with Gasteiger partial charge in [-0.05, 0) is 47.4 Å². The van der Waals surface area contributed by atoms with Gasteiger partial charge in [-0.1, -0.05) is 11.3 Å². The third-order valence-electron chi connectivity index (χ3n) is 3.91. The fourth-order valence-corrected chi connectivity index (χ4v) is 4.18. The predicted octanol–water partition coefficient (Wildman–Crippen LogP) is 3.90. The molecule has 0 aliphatic heterocycles. The molecule has 0 radical (unpaired) electrons. The molecule has 1 atom stereocenters. The molecule has 1 aliphatic rings. The molecule has 0 bridgehead atoms. The van der Waals surface area contributed by atoms with Crippen molar-refractivity contribution in [2.75, 3.05) is 5.32 Å². The van der Waals surface area contributed by atoms with Crippen LogP contribution in [0.3, 0.4) is 0 Å². The number of thiophene rings is 1. The molecule has 3 aromatic heterocycles. The van der Waals surface area contributed by atoms with Gasteiger partial charge in [0, 0.05) is 18.3 Å². The van der Waals surface area contributed by atoms with Crippen LogP contribution in [0.5, 0.6) is 0 Å². The molecule has 3 aromatic rings. The molecule has 1 fully saturated rings. The van der Waals surface area contributed by atoms with Crippen LogP contribution in [0.1, 0.15) is 41.8 Å². The van der Waals surface area contributed by atoms with Crippen LogP contribution in [0, 0.1) is 0 Å². The number of anilines is 1. The standard InChI is InChI=1S/C16H16N4OS2/c21-14(17-16-19-18-15(23-16)11-3-4-11)9-13(12-5-8-22-10-12)20-6-1-2-7-20/h1-2,5-8,10-11,13H,3-4,9H2,(H,17,19,21). The zero-order chi connectivity index (χ0) is 15.6. The van der Waals surface area contributed by atoms with E-state index >= 15 is 0 Å². The number of rotatable bonds is 6. The van der Waals surface area contributed by atoms with E-state index in [0.717, 1.165) is 10.6 Å². The summed E-state index contributed by atoms with van der Waals surface area (Å²) in [5.74, 6) is 0.532. The summed E-state index contributed by atoms with van der Waals surface area (Å²) < 4.78 is 2.07. The Hall–Kier alpha value is -1.99. The third-order valence-corrected chi connectivity index (χ3v) is 5.61. The number of carbonyl (C=O) groups is 1. The van der Waals surface area contributed by atoms with Crippen molar-refractivity contribution in [1.82, 2.24) is 14.8 Å². The van der Waals surface area contributed by atoms with Crippen molar-refractivity contribution >= 4 is 33.7 Å². The van der Waals surface area contributed by atoms with Gasteiger partial charge in [-0.3, -0.25) is 4.79 Å². The van der Waals surface area contributed by atoms with Gasteiger partial charge in [-0.15, -0.1) is 10.2 Å². The molecule has 0 aromatic carbocycles. The second kappa shape index (κ2) is 6.25. The summed E-state index contributed by atoms with van der Waals surface area (Å²) in [6.45, 7) is 0. The van der Waals surface area contributed by atoms with Gasteiger partial charge in [0.25, 0.3) is 0 Å². The normalized spacial score (nSPS) is 15.5. The largest absolute Gasteiger partial charge is 0.346 e. The van der Waals surface area contributed by atoms with E-state index in [9.17, 15) is 4.79 Å². The molecule has 1 N–H and O–H groups in total. The number of hydrogen-bond donors (Lipinski definition) is 1. The van der Waals surface area contributed by atoms with Crippen LogP contribution in [0.15, 0.2) is 41.4 Å². The van der Waals surface area contributed by atoms with E-state index in [1.54, 1.807) is 11.3 Å². The molecular weight excluding hydrogens is 328 g/mol. The minimum Gasteiger partial charge on any atom is -0.346 e. The van der Waals surface area contributed by atoms with Gasteiger partial charge in [0.1, 0.15) is 5.01 Å². The number of nitrogens with zero attached hydrogens (tertiary/aromatic N) is 3. The Balaban J connectivity index is 1.46. The van der Waals surface area contributed by atoms with E-state index < -0.39 is 0 Å². The quantitative estimate of drug-likeness (QED) is 0.738. The first-order valence-corrected chi connectivity index (χ1v) is 9.33. The highest BCUT2D eigenvalue weighted by Gasteiger charge is 2.28. The molecule has 1 aliphatic carbocycles. The average Bonchev–Trinajstić information content (AvgIpc) is 3.03. The van der Waals surface area contributed by atoms with Crippen LogP contribution in [-0.2, 0) is 4.79 Å². The van der Waals surface area contributed by atoms with Crippen molar-refractivity contribution in [2.24, 2.45) is 0 Å². The summed E-state index contributed by atoms with van der Waals surface area (Å²) in [6, 6.07) is 6.03. The maximum atomic E-state index is 12.4. The molecule has 3 heterocycles. The molecule has 23 heavy (non-hydrogen) atoms.